The highest BCUT2D eigenvalue weighted by Gasteiger charge is 2.25. The maximum absolute atomic E-state index is 13.0. The number of H-pyrrole nitrogens is 1. The fourth-order valence-corrected chi connectivity index (χ4v) is 5.17. The van der Waals surface area contributed by atoms with Crippen molar-refractivity contribution in [2.24, 2.45) is 0 Å². The highest BCUT2D eigenvalue weighted by molar-refractivity contribution is 6.00. The van der Waals surface area contributed by atoms with Crippen molar-refractivity contribution in [3.8, 4) is 17.3 Å². The molecule has 1 fully saturated rings. The lowest BCUT2D eigenvalue weighted by Crippen LogP contribution is -2.42. The van der Waals surface area contributed by atoms with Crippen molar-refractivity contribution < 1.29 is 9.59 Å². The van der Waals surface area contributed by atoms with Crippen molar-refractivity contribution in [3.63, 3.8) is 0 Å². The lowest BCUT2D eigenvalue weighted by atomic mass is 9.91. The molecule has 42 heavy (non-hydrogen) atoms. The van der Waals surface area contributed by atoms with E-state index in [1.54, 1.807) is 36.5 Å². The number of nitrogens with one attached hydrogen (secondary N) is 4. The summed E-state index contributed by atoms with van der Waals surface area (Å²) < 4.78 is 0. The minimum atomic E-state index is -0.213. The van der Waals surface area contributed by atoms with Crippen LogP contribution in [0.2, 0.25) is 0 Å². The molecule has 214 valence electrons. The normalized spacial score (nSPS) is 16.8. The van der Waals surface area contributed by atoms with Crippen LogP contribution in [0.15, 0.2) is 73.1 Å². The van der Waals surface area contributed by atoms with Crippen LogP contribution in [0.3, 0.4) is 0 Å². The molecule has 4 N–H and O–H groups in total. The van der Waals surface area contributed by atoms with E-state index in [-0.39, 0.29) is 23.9 Å². The smallest absolute Gasteiger partial charge is 0.251 e. The van der Waals surface area contributed by atoms with Gasteiger partial charge in [-0.05, 0) is 70.1 Å². The third-order valence-corrected chi connectivity index (χ3v) is 7.25. The van der Waals surface area contributed by atoms with E-state index in [0.717, 1.165) is 42.1 Å². The Bertz CT molecular complexity index is 1630. The predicted octanol–water partition coefficient (Wildman–Crippen LogP) is 4.71. The summed E-state index contributed by atoms with van der Waals surface area (Å²) in [7, 11) is 3.86. The Morgan fingerprint density at radius 2 is 1.90 bits per heavy atom. The Morgan fingerprint density at radius 3 is 2.69 bits per heavy atom. The Hall–Kier alpha value is -5.01. The molecule has 5 rings (SSSR count). The van der Waals surface area contributed by atoms with Crippen LogP contribution in [-0.4, -0.2) is 64.4 Å². The zero-order chi connectivity index (χ0) is 29.5. The van der Waals surface area contributed by atoms with E-state index in [1.165, 1.54) is 6.08 Å². The number of benzene rings is 2. The zero-order valence-corrected chi connectivity index (χ0v) is 23.7. The van der Waals surface area contributed by atoms with Gasteiger partial charge in [0.05, 0.1) is 17.5 Å². The number of nitriles is 1. The highest BCUT2D eigenvalue weighted by Crippen LogP contribution is 2.30. The number of carbonyl (C=O) groups is 2. The Balaban J connectivity index is 1.19. The standard InChI is InChI=1S/C32H34N8O2/c1-40(2)16-6-11-29(41)36-23-14-12-21(13-15-23)31(42)37-24-7-5-8-25(17-24)38-32-35-19-22(18-33)30(39-32)27-20-34-28-10-4-3-9-26(27)28/h3-4,6,9-15,19-20,24-25,34H,5,7-8,16-17H2,1-2H3,(H,36,41)(H,37,42)(H,35,38,39)/t24-,25+/m0/s1. The highest BCUT2D eigenvalue weighted by atomic mass is 16.2. The first-order chi connectivity index (χ1) is 20.4. The minimum absolute atomic E-state index is 0.00330. The molecule has 2 aromatic heterocycles. The number of nitrogens with zero attached hydrogens (tertiary/aromatic N) is 4. The van der Waals surface area contributed by atoms with Gasteiger partial charge in [0.1, 0.15) is 6.07 Å². The molecule has 2 heterocycles. The van der Waals surface area contributed by atoms with Crippen molar-refractivity contribution in [2.75, 3.05) is 31.3 Å². The van der Waals surface area contributed by atoms with Gasteiger partial charge in [0, 0.05) is 58.6 Å². The van der Waals surface area contributed by atoms with Crippen LogP contribution < -0.4 is 16.0 Å². The summed E-state index contributed by atoms with van der Waals surface area (Å²) in [4.78, 5) is 39.4. The average Bonchev–Trinajstić information content (AvgIpc) is 3.41. The number of likely N-dealkylation sites (N-methyl/N-ethyl adjacent to an activating group) is 1. The molecule has 4 aromatic rings. The molecule has 10 nitrogen and oxygen atoms in total. The van der Waals surface area contributed by atoms with Gasteiger partial charge in [-0.15, -0.1) is 0 Å². The molecule has 10 heteroatoms. The molecule has 1 aliphatic rings. The molecule has 2 amide bonds. The molecule has 0 radical (unpaired) electrons. The third-order valence-electron chi connectivity index (χ3n) is 7.25. The van der Waals surface area contributed by atoms with Gasteiger partial charge in [-0.25, -0.2) is 9.97 Å². The van der Waals surface area contributed by atoms with E-state index in [4.69, 9.17) is 4.98 Å². The van der Waals surface area contributed by atoms with Gasteiger partial charge in [0.15, 0.2) is 0 Å². The van der Waals surface area contributed by atoms with Crippen molar-refractivity contribution in [1.29, 1.82) is 5.26 Å². The summed E-state index contributed by atoms with van der Waals surface area (Å²) in [5.41, 5.74) is 3.98. The third kappa shape index (κ3) is 7.00. The lowest BCUT2D eigenvalue weighted by molar-refractivity contribution is -0.111. The van der Waals surface area contributed by atoms with Gasteiger partial charge in [-0.3, -0.25) is 9.59 Å². The van der Waals surface area contributed by atoms with E-state index >= 15 is 0 Å². The summed E-state index contributed by atoms with van der Waals surface area (Å²) >= 11 is 0. The first-order valence-electron chi connectivity index (χ1n) is 14.0. The molecular formula is C32H34N8O2. The van der Waals surface area contributed by atoms with E-state index in [0.29, 0.717) is 35.0 Å². The van der Waals surface area contributed by atoms with Gasteiger partial charge in [0.25, 0.3) is 5.91 Å². The predicted molar refractivity (Wildman–Crippen MR) is 164 cm³/mol. The fraction of sp³-hybridized carbons (Fsp3) is 0.281. The summed E-state index contributed by atoms with van der Waals surface area (Å²) in [6.07, 6.45) is 10.2. The van der Waals surface area contributed by atoms with E-state index in [9.17, 15) is 14.9 Å². The molecule has 2 aromatic carbocycles. The van der Waals surface area contributed by atoms with Crippen molar-refractivity contribution >= 4 is 34.4 Å². The molecule has 2 atom stereocenters. The summed E-state index contributed by atoms with van der Waals surface area (Å²) in [6.45, 7) is 0.677. The van der Waals surface area contributed by atoms with Crippen LogP contribution in [0.25, 0.3) is 22.2 Å². The van der Waals surface area contributed by atoms with E-state index in [2.05, 4.69) is 32.0 Å². The van der Waals surface area contributed by atoms with Crippen LogP contribution in [0.1, 0.15) is 41.6 Å². The summed E-state index contributed by atoms with van der Waals surface area (Å²) in [6, 6.07) is 17.1. The van der Waals surface area contributed by atoms with Crippen LogP contribution >= 0.6 is 0 Å². The zero-order valence-electron chi connectivity index (χ0n) is 23.7. The number of rotatable bonds is 9. The number of hydrogen-bond donors (Lipinski definition) is 4. The number of aromatic amines is 1. The molecule has 0 bridgehead atoms. The fourth-order valence-electron chi connectivity index (χ4n) is 5.17. The number of amides is 2. The molecule has 0 saturated heterocycles. The van der Waals surface area contributed by atoms with Crippen molar-refractivity contribution in [2.45, 2.75) is 37.8 Å². The quantitative estimate of drug-likeness (QED) is 0.217. The molecule has 0 unspecified atom stereocenters. The number of hydrogen-bond acceptors (Lipinski definition) is 7. The number of para-hydroxylation sites is 1. The first kappa shape index (κ1) is 28.5. The molecule has 0 spiro atoms. The summed E-state index contributed by atoms with van der Waals surface area (Å²) in [5.74, 6) is 0.0933. The van der Waals surface area contributed by atoms with Crippen LogP contribution in [0.4, 0.5) is 11.6 Å². The SMILES string of the molecule is CN(C)CC=CC(=O)Nc1ccc(C(=O)N[C@H]2CCC[C@@H](Nc3ncc(C#N)c(-c4c[nH]c5ccccc45)n3)C2)cc1. The second kappa shape index (κ2) is 13.1. The maximum Gasteiger partial charge on any atom is 0.251 e. The van der Waals surface area contributed by atoms with Gasteiger partial charge >= 0.3 is 0 Å². The van der Waals surface area contributed by atoms with Gasteiger partial charge in [0.2, 0.25) is 11.9 Å². The maximum atomic E-state index is 13.0. The first-order valence-corrected chi connectivity index (χ1v) is 14.0. The minimum Gasteiger partial charge on any atom is -0.360 e. The number of fused-ring (bicyclic) bond motifs is 1. The number of aromatic nitrogens is 3. The molecule has 0 aliphatic heterocycles. The van der Waals surface area contributed by atoms with Crippen LogP contribution in [0.5, 0.6) is 0 Å². The molecular weight excluding hydrogens is 528 g/mol. The van der Waals surface area contributed by atoms with Crippen molar-refractivity contribution in [1.82, 2.24) is 25.2 Å². The van der Waals surface area contributed by atoms with Gasteiger partial charge in [-0.1, -0.05) is 24.3 Å². The lowest BCUT2D eigenvalue weighted by Gasteiger charge is -2.30. The van der Waals surface area contributed by atoms with E-state index in [1.807, 2.05) is 49.5 Å². The Labute approximate surface area is 244 Å². The number of carbonyl (C=O) groups excluding carboxylic acids is 2. The Kier molecular flexibility index (Phi) is 8.90. The molecule has 1 aliphatic carbocycles. The van der Waals surface area contributed by atoms with Crippen LogP contribution in [0, 0.1) is 11.3 Å². The topological polar surface area (TPSA) is 139 Å². The van der Waals surface area contributed by atoms with Gasteiger partial charge in [-0.2, -0.15) is 5.26 Å². The largest absolute Gasteiger partial charge is 0.360 e. The second-order valence-corrected chi connectivity index (χ2v) is 10.7. The van der Waals surface area contributed by atoms with E-state index < -0.39 is 0 Å². The second-order valence-electron chi connectivity index (χ2n) is 10.7. The monoisotopic (exact) mass is 562 g/mol. The van der Waals surface area contributed by atoms with Crippen LogP contribution in [-0.2, 0) is 4.79 Å². The summed E-state index contributed by atoms with van der Waals surface area (Å²) in [5, 5.41) is 20.1. The number of anilines is 2. The van der Waals surface area contributed by atoms with Crippen molar-refractivity contribution in [3.05, 3.63) is 84.2 Å². The molecule has 1 saturated carbocycles. The average molecular weight is 563 g/mol. The Morgan fingerprint density at radius 1 is 1.12 bits per heavy atom. The van der Waals surface area contributed by atoms with Gasteiger partial charge < -0.3 is 25.8 Å².